The largest absolute Gasteiger partial charge is 0.466 e. The van der Waals surface area contributed by atoms with Gasteiger partial charge in [-0.25, -0.2) is 0 Å². The Bertz CT molecular complexity index is 932. The molecule has 6 nitrogen and oxygen atoms in total. The molecule has 1 N–H and O–H groups in total. The van der Waals surface area contributed by atoms with Crippen LogP contribution >= 0.6 is 0 Å². The van der Waals surface area contributed by atoms with Gasteiger partial charge in [0.15, 0.2) is 5.78 Å². The van der Waals surface area contributed by atoms with Gasteiger partial charge in [0, 0.05) is 12.3 Å². The summed E-state index contributed by atoms with van der Waals surface area (Å²) in [4.78, 5) is 38.5. The van der Waals surface area contributed by atoms with Gasteiger partial charge in [-0.2, -0.15) is 0 Å². The average molecular weight is 424 g/mol. The number of hydrogen-bond donors (Lipinski definition) is 1. The molecule has 1 saturated carbocycles. The zero-order valence-corrected chi connectivity index (χ0v) is 18.0. The van der Waals surface area contributed by atoms with Crippen LogP contribution in [0.25, 0.3) is 11.1 Å². The number of hydrogen-bond acceptors (Lipinski definition) is 6. The first-order valence-electron chi connectivity index (χ1n) is 10.5. The molecule has 0 bridgehead atoms. The van der Waals surface area contributed by atoms with Gasteiger partial charge in [0.1, 0.15) is 5.92 Å². The fraction of sp³-hybridized carbons (Fsp3) is 0.400. The Morgan fingerprint density at radius 1 is 0.935 bits per heavy atom. The molecule has 6 heteroatoms. The van der Waals surface area contributed by atoms with Gasteiger partial charge < -0.3 is 14.6 Å². The maximum absolute atomic E-state index is 12.9. The predicted octanol–water partition coefficient (Wildman–Crippen LogP) is 3.52. The number of ketones is 1. The summed E-state index contributed by atoms with van der Waals surface area (Å²) in [5.41, 5.74) is 0.933. The summed E-state index contributed by atoms with van der Waals surface area (Å²) in [5, 5.41) is 11.0. The molecule has 1 aliphatic rings. The van der Waals surface area contributed by atoms with Gasteiger partial charge in [-0.1, -0.05) is 54.6 Å². The number of rotatable bonds is 6. The number of aliphatic hydroxyl groups is 1. The van der Waals surface area contributed by atoms with Gasteiger partial charge in [0.2, 0.25) is 0 Å². The zero-order chi connectivity index (χ0) is 22.6. The van der Waals surface area contributed by atoms with Gasteiger partial charge in [-0.15, -0.1) is 0 Å². The fourth-order valence-corrected chi connectivity index (χ4v) is 4.41. The maximum Gasteiger partial charge on any atom is 0.317 e. The minimum absolute atomic E-state index is 0.114. The molecule has 4 atom stereocenters. The number of carbonyl (C=O) groups is 3. The molecule has 1 fully saturated rings. The standard InChI is InChI=1S/C25H28O6/c1-4-30-23(27)21-19(26)15-25(3,29)22(24(28)31-5-2)20(21)18-13-11-17(12-14-18)16-9-7-6-8-10-16/h6-14,20-22,29H,4-5,15H2,1-3H3. The van der Waals surface area contributed by atoms with E-state index < -0.39 is 41.1 Å². The first-order chi connectivity index (χ1) is 14.8. The Morgan fingerprint density at radius 3 is 2.06 bits per heavy atom. The van der Waals surface area contributed by atoms with Crippen LogP contribution in [-0.2, 0) is 23.9 Å². The number of carbonyl (C=O) groups excluding carboxylic acids is 3. The van der Waals surface area contributed by atoms with E-state index >= 15 is 0 Å². The third-order valence-corrected chi connectivity index (χ3v) is 5.75. The van der Waals surface area contributed by atoms with E-state index in [1.807, 2.05) is 42.5 Å². The molecule has 0 spiro atoms. The molecule has 0 heterocycles. The van der Waals surface area contributed by atoms with Crippen LogP contribution in [0, 0.1) is 11.8 Å². The lowest BCUT2D eigenvalue weighted by Crippen LogP contribution is -2.55. The van der Waals surface area contributed by atoms with Crippen molar-refractivity contribution in [1.82, 2.24) is 0 Å². The van der Waals surface area contributed by atoms with E-state index in [2.05, 4.69) is 0 Å². The summed E-state index contributed by atoms with van der Waals surface area (Å²) >= 11 is 0. The third-order valence-electron chi connectivity index (χ3n) is 5.75. The minimum Gasteiger partial charge on any atom is -0.466 e. The second-order valence-electron chi connectivity index (χ2n) is 7.97. The highest BCUT2D eigenvalue weighted by molar-refractivity contribution is 6.02. The van der Waals surface area contributed by atoms with Crippen LogP contribution < -0.4 is 0 Å². The first-order valence-corrected chi connectivity index (χ1v) is 10.5. The summed E-state index contributed by atoms with van der Waals surface area (Å²) in [6.45, 7) is 5.02. The summed E-state index contributed by atoms with van der Waals surface area (Å²) in [7, 11) is 0. The van der Waals surface area contributed by atoms with Crippen molar-refractivity contribution >= 4 is 17.7 Å². The van der Waals surface area contributed by atoms with Gasteiger partial charge in [0.25, 0.3) is 0 Å². The van der Waals surface area contributed by atoms with Crippen LogP contribution in [-0.4, -0.2) is 41.6 Å². The highest BCUT2D eigenvalue weighted by Gasteiger charge is 2.57. The molecule has 2 aromatic carbocycles. The molecule has 0 amide bonds. The van der Waals surface area contributed by atoms with Crippen LogP contribution in [0.3, 0.4) is 0 Å². The number of ether oxygens (including phenoxy) is 2. The molecule has 1 aliphatic carbocycles. The minimum atomic E-state index is -1.64. The quantitative estimate of drug-likeness (QED) is 0.564. The van der Waals surface area contributed by atoms with Crippen LogP contribution in [0.1, 0.15) is 38.7 Å². The van der Waals surface area contributed by atoms with E-state index in [-0.39, 0.29) is 19.6 Å². The van der Waals surface area contributed by atoms with Crippen molar-refractivity contribution in [3.63, 3.8) is 0 Å². The molecule has 0 radical (unpaired) electrons. The van der Waals surface area contributed by atoms with Gasteiger partial charge in [-0.05, 0) is 37.5 Å². The van der Waals surface area contributed by atoms with Gasteiger partial charge in [0.05, 0.1) is 24.7 Å². The number of benzene rings is 2. The van der Waals surface area contributed by atoms with E-state index in [0.29, 0.717) is 5.56 Å². The van der Waals surface area contributed by atoms with Crippen LogP contribution in [0.15, 0.2) is 54.6 Å². The van der Waals surface area contributed by atoms with Crippen LogP contribution in [0.2, 0.25) is 0 Å². The fourth-order valence-electron chi connectivity index (χ4n) is 4.41. The second-order valence-corrected chi connectivity index (χ2v) is 7.97. The molecular weight excluding hydrogens is 396 g/mol. The Morgan fingerprint density at radius 2 is 1.48 bits per heavy atom. The maximum atomic E-state index is 12.9. The summed E-state index contributed by atoms with van der Waals surface area (Å²) in [6, 6.07) is 17.1. The molecule has 0 saturated heterocycles. The lowest BCUT2D eigenvalue weighted by Gasteiger charge is -2.43. The summed E-state index contributed by atoms with van der Waals surface area (Å²) in [6.07, 6.45) is -0.321. The lowest BCUT2D eigenvalue weighted by atomic mass is 9.61. The zero-order valence-electron chi connectivity index (χ0n) is 18.0. The normalized spacial score (nSPS) is 25.7. The second kappa shape index (κ2) is 9.43. The van der Waals surface area contributed by atoms with Gasteiger partial charge in [-0.3, -0.25) is 14.4 Å². The Hall–Kier alpha value is -2.99. The average Bonchev–Trinajstić information content (AvgIpc) is 2.73. The number of Topliss-reactive ketones (excluding diaryl/α,β-unsaturated/α-hetero) is 1. The SMILES string of the molecule is CCOC(=O)C1C(=O)CC(C)(O)C(C(=O)OCC)C1c1ccc(-c2ccccc2)cc1. The van der Waals surface area contributed by atoms with Crippen molar-refractivity contribution < 1.29 is 29.0 Å². The summed E-state index contributed by atoms with van der Waals surface area (Å²) in [5.74, 6) is -4.92. The van der Waals surface area contributed by atoms with Crippen molar-refractivity contribution in [3.8, 4) is 11.1 Å². The Balaban J connectivity index is 2.08. The smallest absolute Gasteiger partial charge is 0.317 e. The van der Waals surface area contributed by atoms with E-state index in [4.69, 9.17) is 9.47 Å². The molecule has 31 heavy (non-hydrogen) atoms. The Kier molecular flexibility index (Phi) is 6.91. The predicted molar refractivity (Wildman–Crippen MR) is 115 cm³/mol. The summed E-state index contributed by atoms with van der Waals surface area (Å²) < 4.78 is 10.4. The van der Waals surface area contributed by atoms with Crippen molar-refractivity contribution in [1.29, 1.82) is 0 Å². The van der Waals surface area contributed by atoms with E-state index in [1.165, 1.54) is 6.92 Å². The molecule has 164 valence electrons. The molecule has 2 aromatic rings. The molecular formula is C25H28O6. The van der Waals surface area contributed by atoms with E-state index in [0.717, 1.165) is 11.1 Å². The van der Waals surface area contributed by atoms with Crippen molar-refractivity contribution in [2.45, 2.75) is 38.7 Å². The van der Waals surface area contributed by atoms with Crippen molar-refractivity contribution in [2.75, 3.05) is 13.2 Å². The topological polar surface area (TPSA) is 89.9 Å². The molecule has 0 aromatic heterocycles. The van der Waals surface area contributed by atoms with E-state index in [9.17, 15) is 19.5 Å². The van der Waals surface area contributed by atoms with Gasteiger partial charge >= 0.3 is 11.9 Å². The highest BCUT2D eigenvalue weighted by Crippen LogP contribution is 2.47. The Labute approximate surface area is 182 Å². The number of esters is 2. The van der Waals surface area contributed by atoms with E-state index in [1.54, 1.807) is 26.0 Å². The van der Waals surface area contributed by atoms with Crippen LogP contribution in [0.4, 0.5) is 0 Å². The lowest BCUT2D eigenvalue weighted by molar-refractivity contribution is -0.172. The molecule has 3 rings (SSSR count). The van der Waals surface area contributed by atoms with Crippen molar-refractivity contribution in [3.05, 3.63) is 60.2 Å². The van der Waals surface area contributed by atoms with Crippen LogP contribution in [0.5, 0.6) is 0 Å². The first kappa shape index (κ1) is 22.7. The van der Waals surface area contributed by atoms with Crippen molar-refractivity contribution in [2.24, 2.45) is 11.8 Å². The molecule has 0 aliphatic heterocycles. The third kappa shape index (κ3) is 4.69. The highest BCUT2D eigenvalue weighted by atomic mass is 16.5. The molecule has 4 unspecified atom stereocenters. The monoisotopic (exact) mass is 424 g/mol.